The molecular formula is C11H17NO2S. The molecule has 4 heteroatoms. The number of anilines is 1. The van der Waals surface area contributed by atoms with E-state index in [-0.39, 0.29) is 12.0 Å². The Morgan fingerprint density at radius 3 is 2.60 bits per heavy atom. The molecule has 0 aliphatic heterocycles. The quantitative estimate of drug-likeness (QED) is 0.859. The van der Waals surface area contributed by atoms with Gasteiger partial charge in [-0.05, 0) is 37.8 Å². The van der Waals surface area contributed by atoms with E-state index in [1.807, 2.05) is 44.2 Å². The Morgan fingerprint density at radius 2 is 2.20 bits per heavy atom. The first-order valence-corrected chi connectivity index (χ1v) is 5.72. The smallest absolute Gasteiger partial charge is 0.305 e. The van der Waals surface area contributed by atoms with E-state index in [1.54, 1.807) is 11.3 Å². The fourth-order valence-electron chi connectivity index (χ4n) is 1.47. The van der Waals surface area contributed by atoms with Gasteiger partial charge in [0.1, 0.15) is 0 Å². The number of carboxylic acid groups (broad SMARTS) is 1. The second-order valence-electron chi connectivity index (χ2n) is 4.35. The Kier molecular flexibility index (Phi) is 3.39. The first-order chi connectivity index (χ1) is 6.84. The van der Waals surface area contributed by atoms with Gasteiger partial charge in [0.2, 0.25) is 0 Å². The monoisotopic (exact) mass is 227 g/mol. The van der Waals surface area contributed by atoms with Gasteiger partial charge in [0, 0.05) is 12.6 Å². The highest BCUT2D eigenvalue weighted by Crippen LogP contribution is 2.32. The second kappa shape index (κ2) is 4.23. The highest BCUT2D eigenvalue weighted by atomic mass is 32.1. The Morgan fingerprint density at radius 1 is 1.60 bits per heavy atom. The summed E-state index contributed by atoms with van der Waals surface area (Å²) >= 11 is 1.64. The zero-order chi connectivity index (χ0) is 11.6. The lowest BCUT2D eigenvalue weighted by molar-refractivity contribution is -0.138. The first kappa shape index (κ1) is 12.0. The van der Waals surface area contributed by atoms with Crippen LogP contribution in [-0.2, 0) is 4.79 Å². The lowest BCUT2D eigenvalue weighted by Crippen LogP contribution is -2.42. The van der Waals surface area contributed by atoms with Crippen LogP contribution < -0.4 is 4.90 Å². The van der Waals surface area contributed by atoms with Crippen molar-refractivity contribution in [2.75, 3.05) is 11.9 Å². The van der Waals surface area contributed by atoms with Crippen molar-refractivity contribution in [2.24, 2.45) is 0 Å². The number of aliphatic carboxylic acids is 1. The molecule has 84 valence electrons. The van der Waals surface area contributed by atoms with E-state index in [0.717, 1.165) is 5.00 Å². The molecule has 0 saturated heterocycles. The molecule has 0 radical (unpaired) electrons. The summed E-state index contributed by atoms with van der Waals surface area (Å²) in [7, 11) is 1.95. The molecule has 0 aliphatic rings. The number of nitrogens with zero attached hydrogens (tertiary/aromatic N) is 1. The van der Waals surface area contributed by atoms with Crippen LogP contribution in [0.1, 0.15) is 25.8 Å². The molecule has 0 fully saturated rings. The molecule has 0 bridgehead atoms. The number of carbonyl (C=O) groups is 1. The lowest BCUT2D eigenvalue weighted by Gasteiger charge is -2.35. The van der Waals surface area contributed by atoms with Crippen LogP contribution in [0.4, 0.5) is 5.00 Å². The van der Waals surface area contributed by atoms with Gasteiger partial charge in [-0.1, -0.05) is 0 Å². The summed E-state index contributed by atoms with van der Waals surface area (Å²) in [5.74, 6) is -0.763. The minimum atomic E-state index is -0.763. The molecule has 1 N–H and O–H groups in total. The molecule has 0 atom stereocenters. The molecule has 1 heterocycles. The van der Waals surface area contributed by atoms with Crippen molar-refractivity contribution < 1.29 is 9.90 Å². The minimum Gasteiger partial charge on any atom is -0.481 e. The number of rotatable bonds is 4. The SMILES string of the molecule is Cc1ccsc1N(C)C(C)(C)CC(=O)O. The predicted molar refractivity (Wildman–Crippen MR) is 63.8 cm³/mol. The molecule has 0 aromatic carbocycles. The van der Waals surface area contributed by atoms with E-state index >= 15 is 0 Å². The molecule has 15 heavy (non-hydrogen) atoms. The average Bonchev–Trinajstić information content (AvgIpc) is 2.47. The largest absolute Gasteiger partial charge is 0.481 e. The normalized spacial score (nSPS) is 11.5. The molecule has 1 aromatic rings. The van der Waals surface area contributed by atoms with Gasteiger partial charge in [-0.25, -0.2) is 0 Å². The van der Waals surface area contributed by atoms with Gasteiger partial charge in [-0.3, -0.25) is 4.79 Å². The third kappa shape index (κ3) is 2.72. The number of hydrogen-bond donors (Lipinski definition) is 1. The summed E-state index contributed by atoms with van der Waals surface area (Å²) in [6, 6.07) is 2.05. The topological polar surface area (TPSA) is 40.5 Å². The van der Waals surface area contributed by atoms with E-state index in [2.05, 4.69) is 0 Å². The maximum atomic E-state index is 10.8. The summed E-state index contributed by atoms with van der Waals surface area (Å²) in [6.07, 6.45) is 0.140. The van der Waals surface area contributed by atoms with Crippen molar-refractivity contribution >= 4 is 22.3 Å². The third-order valence-corrected chi connectivity index (χ3v) is 3.72. The summed E-state index contributed by atoms with van der Waals surface area (Å²) in [5, 5.41) is 12.0. The number of thiophene rings is 1. The fourth-order valence-corrected chi connectivity index (χ4v) is 2.53. The van der Waals surface area contributed by atoms with Crippen LogP contribution in [0.25, 0.3) is 0 Å². The molecule has 0 saturated carbocycles. The van der Waals surface area contributed by atoms with Crippen LogP contribution in [0.3, 0.4) is 0 Å². The molecule has 0 spiro atoms. The zero-order valence-corrected chi connectivity index (χ0v) is 10.4. The number of hydrogen-bond acceptors (Lipinski definition) is 3. The lowest BCUT2D eigenvalue weighted by atomic mass is 9.99. The molecule has 0 aliphatic carbocycles. The van der Waals surface area contributed by atoms with Gasteiger partial charge in [0.25, 0.3) is 0 Å². The third-order valence-electron chi connectivity index (χ3n) is 2.63. The fraction of sp³-hybridized carbons (Fsp3) is 0.545. The number of carboxylic acids is 1. The van der Waals surface area contributed by atoms with E-state index < -0.39 is 5.97 Å². The summed E-state index contributed by atoms with van der Waals surface area (Å²) in [6.45, 7) is 5.93. The van der Waals surface area contributed by atoms with Crippen LogP contribution in [0.15, 0.2) is 11.4 Å². The summed E-state index contributed by atoms with van der Waals surface area (Å²) in [5.41, 5.74) is 0.836. The Balaban J connectivity index is 2.88. The van der Waals surface area contributed by atoms with Crippen LogP contribution in [0.2, 0.25) is 0 Å². The standard InChI is InChI=1S/C11H17NO2S/c1-8-5-6-15-10(8)12(4)11(2,3)7-9(13)14/h5-6H,7H2,1-4H3,(H,13,14). The number of aryl methyl sites for hydroxylation is 1. The van der Waals surface area contributed by atoms with Crippen molar-refractivity contribution in [2.45, 2.75) is 32.7 Å². The van der Waals surface area contributed by atoms with Crippen molar-refractivity contribution in [3.63, 3.8) is 0 Å². The molecule has 0 unspecified atom stereocenters. The van der Waals surface area contributed by atoms with Crippen molar-refractivity contribution in [1.82, 2.24) is 0 Å². The van der Waals surface area contributed by atoms with E-state index in [4.69, 9.17) is 5.11 Å². The van der Waals surface area contributed by atoms with E-state index in [9.17, 15) is 4.79 Å². The maximum absolute atomic E-state index is 10.8. The summed E-state index contributed by atoms with van der Waals surface area (Å²) < 4.78 is 0. The van der Waals surface area contributed by atoms with Gasteiger partial charge >= 0.3 is 5.97 Å². The Bertz CT molecular complexity index is 357. The van der Waals surface area contributed by atoms with Crippen molar-refractivity contribution in [1.29, 1.82) is 0 Å². The molecule has 1 aromatic heterocycles. The van der Waals surface area contributed by atoms with Gasteiger partial charge in [0.15, 0.2) is 0 Å². The predicted octanol–water partition coefficient (Wildman–Crippen LogP) is 2.75. The molecule has 1 rings (SSSR count). The van der Waals surface area contributed by atoms with Gasteiger partial charge in [-0.2, -0.15) is 0 Å². The van der Waals surface area contributed by atoms with E-state index in [1.165, 1.54) is 5.56 Å². The second-order valence-corrected chi connectivity index (χ2v) is 5.25. The maximum Gasteiger partial charge on any atom is 0.305 e. The molecular weight excluding hydrogens is 210 g/mol. The zero-order valence-electron chi connectivity index (χ0n) is 9.57. The van der Waals surface area contributed by atoms with Crippen LogP contribution in [0.5, 0.6) is 0 Å². The first-order valence-electron chi connectivity index (χ1n) is 4.84. The van der Waals surface area contributed by atoms with Gasteiger partial charge < -0.3 is 10.0 Å². The highest BCUT2D eigenvalue weighted by molar-refractivity contribution is 7.14. The van der Waals surface area contributed by atoms with Crippen molar-refractivity contribution in [3.8, 4) is 0 Å². The Hall–Kier alpha value is -1.03. The average molecular weight is 227 g/mol. The van der Waals surface area contributed by atoms with E-state index in [0.29, 0.717) is 0 Å². The van der Waals surface area contributed by atoms with Gasteiger partial charge in [-0.15, -0.1) is 11.3 Å². The summed E-state index contributed by atoms with van der Waals surface area (Å²) in [4.78, 5) is 12.8. The van der Waals surface area contributed by atoms with Crippen LogP contribution >= 0.6 is 11.3 Å². The Labute approximate surface area is 94.3 Å². The minimum absolute atomic E-state index is 0.140. The van der Waals surface area contributed by atoms with Crippen LogP contribution in [0, 0.1) is 6.92 Å². The van der Waals surface area contributed by atoms with Crippen molar-refractivity contribution in [3.05, 3.63) is 17.0 Å². The molecule has 3 nitrogen and oxygen atoms in total. The van der Waals surface area contributed by atoms with Gasteiger partial charge in [0.05, 0.1) is 11.4 Å². The molecule has 0 amide bonds. The van der Waals surface area contributed by atoms with Crippen LogP contribution in [-0.4, -0.2) is 23.7 Å². The highest BCUT2D eigenvalue weighted by Gasteiger charge is 2.28.